The van der Waals surface area contributed by atoms with E-state index in [1.165, 1.54) is 0 Å². The summed E-state index contributed by atoms with van der Waals surface area (Å²) in [5.74, 6) is -6.50. The van der Waals surface area contributed by atoms with Crippen LogP contribution in [0.15, 0.2) is 0 Å². The normalized spacial score (nSPS) is 5.83. The van der Waals surface area contributed by atoms with Crippen LogP contribution in [0.25, 0.3) is 0 Å². The van der Waals surface area contributed by atoms with Gasteiger partial charge in [0.05, 0.1) is 0 Å². The second-order valence-electron chi connectivity index (χ2n) is 3.35. The second-order valence-corrected chi connectivity index (χ2v) is 3.35. The van der Waals surface area contributed by atoms with Crippen molar-refractivity contribution < 1.29 is 64.2 Å². The van der Waals surface area contributed by atoms with Gasteiger partial charge in [0.25, 0.3) is 0 Å². The molecule has 0 spiro atoms. The van der Waals surface area contributed by atoms with Crippen molar-refractivity contribution in [2.75, 3.05) is 6.54 Å². The van der Waals surface area contributed by atoms with Gasteiger partial charge in [0, 0.05) is 42.4 Å². The van der Waals surface area contributed by atoms with Crippen molar-refractivity contribution in [3.8, 4) is 0 Å². The molecule has 168 valence electrons. The maximum absolute atomic E-state index is 9.05. The van der Waals surface area contributed by atoms with E-state index in [-0.39, 0.29) is 41.3 Å². The predicted molar refractivity (Wildman–Crippen MR) is 90.7 cm³/mol. The molecule has 0 atom stereocenters. The van der Waals surface area contributed by atoms with E-state index < -0.39 is 35.8 Å². The fourth-order valence-corrected chi connectivity index (χ4v) is 0. The molecule has 0 aliphatic rings. The summed E-state index contributed by atoms with van der Waals surface area (Å²) in [7, 11) is 0. The molecule has 0 aromatic rings. The molecule has 0 unspecified atom stereocenters. The number of carbonyl (C=O) groups is 7. The Morgan fingerprint density at radius 2 is 0.567 bits per heavy atom. The Hall–Kier alpha value is -2.49. The molecule has 0 radical (unpaired) electrons. The summed E-state index contributed by atoms with van der Waals surface area (Å²) in [5.41, 5.74) is 4.66. The maximum Gasteiger partial charge on any atom is 3.00 e. The fraction of sp³-hybridized carbons (Fsp3) is 0.500. The van der Waals surface area contributed by atoms with Crippen LogP contribution in [0, 0.1) is 0 Å². The van der Waals surface area contributed by atoms with Crippen LogP contribution in [-0.2, 0) is 33.6 Å². The maximum atomic E-state index is 9.05. The van der Waals surface area contributed by atoms with Crippen LogP contribution in [0.3, 0.4) is 0 Å². The first-order valence-corrected chi connectivity index (χ1v) is 6.50. The molecule has 0 heterocycles. The number of rotatable bonds is 1. The van der Waals surface area contributed by atoms with Gasteiger partial charge >= 0.3 is 34.7 Å². The Morgan fingerprint density at radius 1 is 0.533 bits per heavy atom. The Labute approximate surface area is 195 Å². The average Bonchev–Trinajstić information content (AvgIpc) is 2.34. The summed E-state index contributed by atoms with van der Waals surface area (Å²) in [4.78, 5) is 62.4. The van der Waals surface area contributed by atoms with Crippen molar-refractivity contribution in [1.82, 2.24) is 0 Å². The van der Waals surface area contributed by atoms with Gasteiger partial charge in [-0.3, -0.25) is 0 Å². The molecule has 0 saturated heterocycles. The number of aliphatic carboxylic acids is 6. The van der Waals surface area contributed by atoms with Gasteiger partial charge in [-0.1, -0.05) is 0 Å². The zero-order valence-electron chi connectivity index (χ0n) is 17.3. The van der Waals surface area contributed by atoms with Gasteiger partial charge < -0.3 is 69.9 Å². The van der Waals surface area contributed by atoms with Crippen molar-refractivity contribution in [2.45, 2.75) is 41.5 Å². The quantitative estimate of drug-likeness (QED) is 0.277. The minimum absolute atomic E-state index is 0. The van der Waals surface area contributed by atoms with Crippen LogP contribution in [0.1, 0.15) is 41.5 Å². The molecule has 2 N–H and O–H groups in total. The van der Waals surface area contributed by atoms with Gasteiger partial charge in [0.15, 0.2) is 0 Å². The molecule has 0 bridgehead atoms. The first-order valence-electron chi connectivity index (χ1n) is 6.50. The minimum atomic E-state index is -1.08. The van der Waals surface area contributed by atoms with E-state index in [0.29, 0.717) is 6.29 Å². The average molecular weight is 467 g/mol. The molecule has 0 rings (SSSR count). The van der Waals surface area contributed by atoms with Crippen LogP contribution in [-0.4, -0.2) is 83.4 Å². The molecule has 0 amide bonds. The topological polar surface area (TPSA) is 284 Å². The van der Waals surface area contributed by atoms with Crippen LogP contribution in [0.2, 0.25) is 0 Å². The van der Waals surface area contributed by atoms with Crippen LogP contribution < -0.4 is 36.4 Å². The predicted octanol–water partition coefficient (Wildman–Crippen LogP) is -9.08. The number of carbonyl (C=O) groups excluding carboxylic acids is 7. The number of hydrogen-bond acceptors (Lipinski definition) is 14. The van der Waals surface area contributed by atoms with Crippen LogP contribution >= 0.6 is 0 Å². The van der Waals surface area contributed by atoms with Crippen molar-refractivity contribution in [2.24, 2.45) is 5.73 Å². The van der Waals surface area contributed by atoms with E-state index in [1.807, 2.05) is 0 Å². The van der Waals surface area contributed by atoms with Gasteiger partial charge in [-0.05, 0) is 41.5 Å². The number of hydrogen-bond donors (Lipinski definition) is 1. The fourth-order valence-electron chi connectivity index (χ4n) is 0. The smallest absolute Gasteiger partial charge is 0.550 e. The number of aldehydes is 1. The second kappa shape index (κ2) is 56.3. The first-order chi connectivity index (χ1) is 12.3. The molecule has 0 aromatic heterocycles. The largest absolute Gasteiger partial charge is 3.00 e. The van der Waals surface area contributed by atoms with E-state index in [0.717, 1.165) is 41.5 Å². The molecule has 0 aliphatic heterocycles. The third-order valence-electron chi connectivity index (χ3n) is 0.0962. The Balaban J connectivity index is -0.0000000242. The molecule has 0 aliphatic carbocycles. The third-order valence-corrected chi connectivity index (χ3v) is 0.0962. The molecule has 16 heteroatoms. The zero-order valence-corrected chi connectivity index (χ0v) is 19.6. The zero-order chi connectivity index (χ0) is 24.9. The van der Waals surface area contributed by atoms with Crippen molar-refractivity contribution in [3.05, 3.63) is 0 Å². The molecule has 14 nitrogen and oxygen atoms in total. The van der Waals surface area contributed by atoms with Crippen molar-refractivity contribution in [3.63, 3.8) is 0 Å². The van der Waals surface area contributed by atoms with Gasteiger partial charge in [-0.25, -0.2) is 0 Å². The number of carboxylic acid groups (broad SMARTS) is 6. The monoisotopic (exact) mass is 467 g/mol. The Morgan fingerprint density at radius 3 is 0.567 bits per heavy atom. The summed E-state index contributed by atoms with van der Waals surface area (Å²) in [6.45, 7) is 5.97. The van der Waals surface area contributed by atoms with E-state index in [1.54, 1.807) is 0 Å². The van der Waals surface area contributed by atoms with Gasteiger partial charge in [0.2, 0.25) is 0 Å². The number of carboxylic acids is 6. The molecule has 0 fully saturated rings. The van der Waals surface area contributed by atoms with Gasteiger partial charge in [0.1, 0.15) is 6.29 Å². The van der Waals surface area contributed by atoms with Gasteiger partial charge in [-0.2, -0.15) is 0 Å². The standard InChI is InChI=1S/C2H5NO.6C2H4O2.2Al/c3-1-2-4;6*1-2(3)4;;/h2H,1,3H2;6*1H3,(H,3,4);;/q;;;;;;;2*+3/p-6. The molecular weight excluding hydrogens is 444 g/mol. The summed E-state index contributed by atoms with van der Waals surface area (Å²) in [5, 5.41) is 53.3. The van der Waals surface area contributed by atoms with Gasteiger partial charge in [-0.15, -0.1) is 0 Å². The van der Waals surface area contributed by atoms with Crippen molar-refractivity contribution in [1.29, 1.82) is 0 Å². The van der Waals surface area contributed by atoms with E-state index in [4.69, 9.17) is 64.2 Å². The molecular formula is C14H23Al2NO13. The minimum Gasteiger partial charge on any atom is -0.550 e. The molecule has 0 aromatic carbocycles. The SMILES string of the molecule is CC(=O)[O-].CC(=O)[O-].CC(=O)[O-].CC(=O)[O-].CC(=O)[O-].CC(=O)[O-].NCC=O.[Al+3].[Al+3]. The van der Waals surface area contributed by atoms with E-state index >= 15 is 0 Å². The van der Waals surface area contributed by atoms with Crippen LogP contribution in [0.4, 0.5) is 0 Å². The summed E-state index contributed by atoms with van der Waals surface area (Å²) >= 11 is 0. The summed E-state index contributed by atoms with van der Waals surface area (Å²) in [6, 6.07) is 0. The Bertz CT molecular complexity index is 326. The Kier molecular flexibility index (Phi) is 106. The number of nitrogens with two attached hydrogens (primary N) is 1. The van der Waals surface area contributed by atoms with E-state index in [9.17, 15) is 0 Å². The van der Waals surface area contributed by atoms with Crippen LogP contribution in [0.5, 0.6) is 0 Å². The summed E-state index contributed by atoms with van der Waals surface area (Å²) in [6.07, 6.45) is 0.653. The first kappa shape index (κ1) is 56.4. The molecule has 30 heavy (non-hydrogen) atoms. The third kappa shape index (κ3) is 6950. The van der Waals surface area contributed by atoms with Crippen molar-refractivity contribution >= 4 is 76.8 Å². The van der Waals surface area contributed by atoms with E-state index in [2.05, 4.69) is 5.73 Å². The molecule has 0 saturated carbocycles. The summed E-state index contributed by atoms with van der Waals surface area (Å²) < 4.78 is 0.